The Morgan fingerprint density at radius 3 is 1.00 bits per heavy atom. The van der Waals surface area contributed by atoms with Crippen LogP contribution in [0.15, 0.2) is 0 Å². The summed E-state index contributed by atoms with van der Waals surface area (Å²) in [4.78, 5) is 0. The molecule has 1 radical (unpaired) electrons. The molecule has 0 atom stereocenters. The summed E-state index contributed by atoms with van der Waals surface area (Å²) in [5, 5.41) is 1.14. The molecule has 4 heteroatoms. The Hall–Kier alpha value is 2.49. The van der Waals surface area contributed by atoms with Crippen molar-refractivity contribution in [1.82, 2.24) is 0 Å². The average Bonchev–Trinajstić information content (AvgIpc) is 2.02. The zero-order valence-electron chi connectivity index (χ0n) is 13.3. The molecule has 0 aliphatic heterocycles. The van der Waals surface area contributed by atoms with Crippen LogP contribution in [0.1, 0.15) is 68.2 Å². The summed E-state index contributed by atoms with van der Waals surface area (Å²) in [6, 6.07) is 0. The largest absolute Gasteiger partial charge is 0 e. The summed E-state index contributed by atoms with van der Waals surface area (Å²) < 4.78 is 0. The summed E-state index contributed by atoms with van der Waals surface area (Å²) >= 11 is 2.22. The fraction of sp³-hybridized carbons (Fsp3) is 0.923. The summed E-state index contributed by atoms with van der Waals surface area (Å²) in [6.07, 6.45) is 2.64. The zero-order chi connectivity index (χ0) is 13.1. The van der Waals surface area contributed by atoms with Gasteiger partial charge in [-0.2, -0.15) is 0 Å². The van der Waals surface area contributed by atoms with Crippen LogP contribution < -0.4 is 0 Å². The molecule has 0 aromatic rings. The van der Waals surface area contributed by atoms with Gasteiger partial charge in [0.05, 0.1) is 10.3 Å². The normalized spacial score (nSPS) is 9.59. The third-order valence-corrected chi connectivity index (χ3v) is 3.10. The van der Waals surface area contributed by atoms with Crippen molar-refractivity contribution in [2.24, 2.45) is 0 Å². The first-order chi connectivity index (χ1) is 6.62. The van der Waals surface area contributed by atoms with Crippen molar-refractivity contribution in [2.75, 3.05) is 0 Å². The van der Waals surface area contributed by atoms with Crippen molar-refractivity contribution in [3.63, 3.8) is 0 Å². The maximum atomic E-state index is 4.49. The summed E-state index contributed by atoms with van der Waals surface area (Å²) in [6.45, 7) is 18.3. The second kappa shape index (κ2) is 18.5. The molecular weight excluding hydrogens is 418 g/mol. The maximum Gasteiger partial charge on any atom is 0 e. The van der Waals surface area contributed by atoms with Gasteiger partial charge in [0.1, 0.15) is 0 Å². The van der Waals surface area contributed by atoms with Gasteiger partial charge in [0, 0.05) is 32.7 Å². The molecule has 0 saturated carbocycles. The van der Waals surface area contributed by atoms with Crippen LogP contribution in [0.5, 0.6) is 0 Å². The predicted molar refractivity (Wildman–Crippen MR) is 82.1 cm³/mol. The molecule has 0 N–H and O–H groups in total. The van der Waals surface area contributed by atoms with Crippen molar-refractivity contribution in [2.45, 2.75) is 78.5 Å². The second-order valence-electron chi connectivity index (χ2n) is 5.88. The number of rotatable bonds is 1. The first-order valence-electron chi connectivity index (χ1n) is 5.61. The molecular formula is C13H33ClPPdY+. The molecule has 0 fully saturated rings. The van der Waals surface area contributed by atoms with Crippen molar-refractivity contribution >= 4 is 18.1 Å². The first-order valence-corrected chi connectivity index (χ1v) is 8.77. The molecule has 0 spiro atoms. The molecule has 109 valence electrons. The van der Waals surface area contributed by atoms with Crippen LogP contribution >= 0.6 is 18.1 Å². The van der Waals surface area contributed by atoms with Crippen LogP contribution in [-0.2, 0) is 50.9 Å². The molecule has 0 unspecified atom stereocenters. The Labute approximate surface area is 153 Å². The van der Waals surface area contributed by atoms with E-state index in [0.29, 0.717) is 18.9 Å². The van der Waals surface area contributed by atoms with E-state index in [9.17, 15) is 0 Å². The Morgan fingerprint density at radius 2 is 1.00 bits per heavy atom. The van der Waals surface area contributed by atoms with Gasteiger partial charge in [0.15, 0.2) is 0 Å². The molecule has 0 amide bonds. The summed E-state index contributed by atoms with van der Waals surface area (Å²) in [7, 11) is 5.06. The number of unbranched alkanes of at least 4 members (excludes halogenated alkanes) is 1. The van der Waals surface area contributed by atoms with Crippen LogP contribution in [0.2, 0.25) is 0 Å². The van der Waals surface area contributed by atoms with Gasteiger partial charge in [-0.1, -0.05) is 26.7 Å². The Bertz CT molecular complexity index is 106. The molecule has 0 rings (SSSR count). The van der Waals surface area contributed by atoms with Gasteiger partial charge in [-0.05, 0) is 50.1 Å². The second-order valence-corrected chi connectivity index (χ2v) is 9.63. The van der Waals surface area contributed by atoms with Gasteiger partial charge in [-0.15, -0.1) is 0 Å². The molecule has 0 aliphatic carbocycles. The molecule has 0 heterocycles. The van der Waals surface area contributed by atoms with E-state index in [-0.39, 0.29) is 40.1 Å². The zero-order valence-corrected chi connectivity index (χ0v) is 19.6. The smallest absolute Gasteiger partial charge is 0 e. The average molecular weight is 451 g/mol. The van der Waals surface area contributed by atoms with E-state index in [1.807, 2.05) is 0 Å². The van der Waals surface area contributed by atoms with E-state index >= 15 is 0 Å². The first kappa shape index (κ1) is 31.7. The van der Waals surface area contributed by atoms with E-state index in [4.69, 9.17) is 0 Å². The number of halogens is 1. The van der Waals surface area contributed by atoms with E-state index in [2.05, 4.69) is 83.1 Å². The van der Waals surface area contributed by atoms with E-state index in [1.165, 1.54) is 12.8 Å². The van der Waals surface area contributed by atoms with E-state index in [0.717, 1.165) is 0 Å². The van der Waals surface area contributed by atoms with Gasteiger partial charge >= 0.3 is 27.7 Å². The molecule has 17 heavy (non-hydrogen) atoms. The van der Waals surface area contributed by atoms with Crippen molar-refractivity contribution < 1.29 is 50.9 Å². The minimum atomic E-state index is 0. The standard InChI is InChI=1S/C8H19P.C4H10.CH3.ClH.Pd.Y/c1-7(2,3)9-8(4,5)6;1-3-4-2;;;;/h9H,1-6H3;3-4H2,1-2H3;1H3;1H;;/q;;-1;;+2;. The van der Waals surface area contributed by atoms with Crippen LogP contribution in [-0.4, -0.2) is 10.3 Å². The van der Waals surface area contributed by atoms with E-state index in [1.54, 1.807) is 0 Å². The van der Waals surface area contributed by atoms with Gasteiger partial charge in [0.2, 0.25) is 0 Å². The van der Waals surface area contributed by atoms with E-state index < -0.39 is 0 Å². The van der Waals surface area contributed by atoms with Crippen LogP contribution in [0, 0.1) is 7.43 Å². The third kappa shape index (κ3) is 55.8. The Morgan fingerprint density at radius 1 is 0.824 bits per heavy atom. The molecule has 0 bridgehead atoms. The fourth-order valence-electron chi connectivity index (χ4n) is 1.30. The van der Waals surface area contributed by atoms with Crippen molar-refractivity contribution in [1.29, 1.82) is 0 Å². The van der Waals surface area contributed by atoms with Gasteiger partial charge < -0.3 is 7.43 Å². The topological polar surface area (TPSA) is 0 Å². The predicted octanol–water partition coefficient (Wildman–Crippen LogP) is 5.94. The van der Waals surface area contributed by atoms with Gasteiger partial charge in [-0.25, -0.2) is 0 Å². The van der Waals surface area contributed by atoms with Gasteiger partial charge in [0.25, 0.3) is 0 Å². The fourth-order valence-corrected chi connectivity index (χ4v) is 3.90. The SMILES string of the molecule is CC(C)(C)[PH2+]C(C)(C)C.CCCC.[CH3-].[Cl][Pd+].[Y]. The third-order valence-electron chi connectivity index (χ3n) is 1.37. The van der Waals surface area contributed by atoms with Crippen LogP contribution in [0.25, 0.3) is 0 Å². The van der Waals surface area contributed by atoms with Gasteiger partial charge in [-0.3, -0.25) is 0 Å². The quantitative estimate of drug-likeness (QED) is 0.263. The van der Waals surface area contributed by atoms with Crippen LogP contribution in [0.4, 0.5) is 0 Å². The Balaban J connectivity index is -0.0000000519. The molecule has 0 nitrogen and oxygen atoms in total. The van der Waals surface area contributed by atoms with Crippen LogP contribution in [0.3, 0.4) is 0 Å². The number of hydrogen-bond donors (Lipinski definition) is 0. The van der Waals surface area contributed by atoms with Crippen molar-refractivity contribution in [3.8, 4) is 0 Å². The Kier molecular flexibility index (Phi) is 34.5. The summed E-state index contributed by atoms with van der Waals surface area (Å²) in [5.41, 5.74) is 0. The number of hydrogen-bond acceptors (Lipinski definition) is 0. The molecule has 0 aliphatic rings. The minimum Gasteiger partial charge on any atom is 0 e. The maximum absolute atomic E-state index is 4.49. The minimum absolute atomic E-state index is 0. The molecule has 0 aromatic heterocycles. The monoisotopic (exact) mass is 450 g/mol. The molecule has 0 saturated heterocycles. The summed E-state index contributed by atoms with van der Waals surface area (Å²) in [5.74, 6) is 0. The molecule has 0 aromatic carbocycles. The van der Waals surface area contributed by atoms with Crippen molar-refractivity contribution in [3.05, 3.63) is 7.43 Å².